The molecule has 0 saturated carbocycles. The summed E-state index contributed by atoms with van der Waals surface area (Å²) in [6.07, 6.45) is 1.86. The van der Waals surface area contributed by atoms with Crippen molar-refractivity contribution in [3.63, 3.8) is 0 Å². The number of rotatable bonds is 6. The fraction of sp³-hybridized carbons (Fsp3) is 0.375. The lowest BCUT2D eigenvalue weighted by atomic mass is 9.99. The van der Waals surface area contributed by atoms with Gasteiger partial charge in [-0.15, -0.1) is 0 Å². The number of ketones is 1. The van der Waals surface area contributed by atoms with Crippen molar-refractivity contribution in [2.24, 2.45) is 7.05 Å². The smallest absolute Gasteiger partial charge is 0.419 e. The van der Waals surface area contributed by atoms with Gasteiger partial charge in [0.2, 0.25) is 0 Å². The summed E-state index contributed by atoms with van der Waals surface area (Å²) >= 11 is 0. The maximum atomic E-state index is 14.0. The Kier molecular flexibility index (Phi) is 7.34. The number of imidazole rings is 1. The van der Waals surface area contributed by atoms with E-state index in [1.165, 1.54) is 9.47 Å². The zero-order chi connectivity index (χ0) is 32.2. The standard InChI is InChI=1S/C32H35N7O6/c1-18-13-19(15-24-26(18)36(5)31(44)45-24)27(40)20-14-21(17-38(30(42)43)32(2,3)4)34-25(16-20)37-11-8-22(9-12-37)39-23-7-6-10-33-28(23)35-29(39)41/h6-7,10,13-16,22H,8-9,11-12,17H2,1-5H3,(H,42,43)(H,33,35,41). The number of fused-ring (bicyclic) bond motifs is 2. The maximum Gasteiger partial charge on any atom is 0.419 e. The Morgan fingerprint density at radius 1 is 1.11 bits per heavy atom. The van der Waals surface area contributed by atoms with Crippen LogP contribution in [-0.4, -0.2) is 64.6 Å². The summed E-state index contributed by atoms with van der Waals surface area (Å²) < 4.78 is 8.53. The molecule has 5 heterocycles. The third-order valence-corrected chi connectivity index (χ3v) is 8.47. The van der Waals surface area contributed by atoms with Crippen LogP contribution in [-0.2, 0) is 13.6 Å². The lowest BCUT2D eigenvalue weighted by Crippen LogP contribution is -2.44. The van der Waals surface area contributed by atoms with Gasteiger partial charge in [0.25, 0.3) is 0 Å². The number of hydrogen-bond acceptors (Lipinski definition) is 8. The van der Waals surface area contributed by atoms with Crippen molar-refractivity contribution in [2.45, 2.75) is 58.7 Å². The van der Waals surface area contributed by atoms with Gasteiger partial charge >= 0.3 is 17.5 Å². The molecular formula is C32H35N7O6. The van der Waals surface area contributed by atoms with Gasteiger partial charge in [-0.25, -0.2) is 24.4 Å². The van der Waals surface area contributed by atoms with Crippen LogP contribution in [0.1, 0.15) is 66.8 Å². The first-order chi connectivity index (χ1) is 21.3. The molecule has 0 radical (unpaired) electrons. The lowest BCUT2D eigenvalue weighted by molar-refractivity contribution is 0.0947. The first-order valence-electron chi connectivity index (χ1n) is 14.8. The summed E-state index contributed by atoms with van der Waals surface area (Å²) in [4.78, 5) is 66.3. The molecule has 0 atom stereocenters. The highest BCUT2D eigenvalue weighted by molar-refractivity contribution is 6.11. The summed E-state index contributed by atoms with van der Waals surface area (Å²) in [5.41, 5.74) is 3.15. The number of oxazole rings is 1. The largest absolute Gasteiger partial charge is 0.465 e. The molecule has 45 heavy (non-hydrogen) atoms. The van der Waals surface area contributed by atoms with Gasteiger partial charge in [-0.1, -0.05) is 0 Å². The molecule has 5 aromatic rings. The third kappa shape index (κ3) is 5.49. The van der Waals surface area contributed by atoms with Gasteiger partial charge in [0.05, 0.1) is 23.3 Å². The van der Waals surface area contributed by atoms with Crippen molar-refractivity contribution >= 4 is 40.0 Å². The van der Waals surface area contributed by atoms with E-state index in [0.29, 0.717) is 70.9 Å². The number of H-pyrrole nitrogens is 1. The van der Waals surface area contributed by atoms with Crippen molar-refractivity contribution in [3.8, 4) is 0 Å². The molecule has 234 valence electrons. The molecule has 13 nitrogen and oxygen atoms in total. The number of pyridine rings is 2. The maximum absolute atomic E-state index is 14.0. The fourth-order valence-electron chi connectivity index (χ4n) is 6.18. The Labute approximate surface area is 257 Å². The normalized spacial score (nSPS) is 14.4. The second kappa shape index (κ2) is 11.1. The van der Waals surface area contributed by atoms with Gasteiger partial charge in [-0.2, -0.15) is 0 Å². The number of carbonyl (C=O) groups is 2. The van der Waals surface area contributed by atoms with Gasteiger partial charge in [-0.05, 0) is 82.5 Å². The number of piperidine rings is 1. The topological polar surface area (TPSA) is 160 Å². The van der Waals surface area contributed by atoms with E-state index in [1.807, 2.05) is 13.0 Å². The van der Waals surface area contributed by atoms with Crippen LogP contribution in [0.15, 0.2) is 56.6 Å². The summed E-state index contributed by atoms with van der Waals surface area (Å²) in [5, 5.41) is 9.97. The molecule has 4 aromatic heterocycles. The van der Waals surface area contributed by atoms with Crippen LogP contribution in [0.2, 0.25) is 0 Å². The molecule has 1 aliphatic heterocycles. The molecule has 0 unspecified atom stereocenters. The van der Waals surface area contributed by atoms with E-state index in [2.05, 4.69) is 14.9 Å². The molecule has 2 N–H and O–H groups in total. The number of benzene rings is 1. The zero-order valence-corrected chi connectivity index (χ0v) is 25.8. The number of carbonyl (C=O) groups excluding carboxylic acids is 1. The first kappa shape index (κ1) is 29.9. The second-order valence-electron chi connectivity index (χ2n) is 12.5. The van der Waals surface area contributed by atoms with Crippen molar-refractivity contribution in [1.82, 2.24) is 29.0 Å². The van der Waals surface area contributed by atoms with Crippen molar-refractivity contribution in [1.29, 1.82) is 0 Å². The number of hydrogen-bond donors (Lipinski definition) is 2. The fourth-order valence-corrected chi connectivity index (χ4v) is 6.18. The first-order valence-corrected chi connectivity index (χ1v) is 14.8. The van der Waals surface area contributed by atoms with Crippen LogP contribution < -0.4 is 16.3 Å². The molecular weight excluding hydrogens is 578 g/mol. The summed E-state index contributed by atoms with van der Waals surface area (Å²) in [6, 6.07) is 10.3. The van der Waals surface area contributed by atoms with Gasteiger partial charge in [0, 0.05) is 49.0 Å². The average Bonchev–Trinajstić information content (AvgIpc) is 3.48. The molecule has 0 aliphatic carbocycles. The average molecular weight is 614 g/mol. The molecule has 0 spiro atoms. The number of anilines is 1. The van der Waals surface area contributed by atoms with Crippen LogP contribution in [0.5, 0.6) is 0 Å². The van der Waals surface area contributed by atoms with Crippen molar-refractivity contribution in [3.05, 3.63) is 86.0 Å². The van der Waals surface area contributed by atoms with E-state index in [4.69, 9.17) is 9.40 Å². The molecule has 6 rings (SSSR count). The molecule has 1 amide bonds. The number of nitrogens with one attached hydrogen (secondary N) is 1. The van der Waals surface area contributed by atoms with E-state index < -0.39 is 17.4 Å². The predicted octanol–water partition coefficient (Wildman–Crippen LogP) is 4.22. The van der Waals surface area contributed by atoms with Crippen LogP contribution in [0.25, 0.3) is 22.3 Å². The van der Waals surface area contributed by atoms with Gasteiger partial charge in [-0.3, -0.25) is 23.8 Å². The second-order valence-corrected chi connectivity index (χ2v) is 12.5. The Morgan fingerprint density at radius 3 is 2.51 bits per heavy atom. The highest BCUT2D eigenvalue weighted by Crippen LogP contribution is 2.29. The van der Waals surface area contributed by atoms with Gasteiger partial charge in [0.1, 0.15) is 5.82 Å². The van der Waals surface area contributed by atoms with E-state index in [0.717, 1.165) is 5.52 Å². The van der Waals surface area contributed by atoms with Crippen molar-refractivity contribution in [2.75, 3.05) is 18.0 Å². The van der Waals surface area contributed by atoms with Crippen LogP contribution in [0.4, 0.5) is 10.6 Å². The number of aromatic amines is 1. The quantitative estimate of drug-likeness (QED) is 0.267. The summed E-state index contributed by atoms with van der Waals surface area (Å²) in [5.74, 6) is -0.274. The highest BCUT2D eigenvalue weighted by atomic mass is 16.4. The predicted molar refractivity (Wildman–Crippen MR) is 168 cm³/mol. The number of nitrogens with zero attached hydrogens (tertiary/aromatic N) is 6. The number of amides is 1. The van der Waals surface area contributed by atoms with Crippen LogP contribution >= 0.6 is 0 Å². The van der Waals surface area contributed by atoms with E-state index in [1.54, 1.807) is 68.9 Å². The monoisotopic (exact) mass is 613 g/mol. The highest BCUT2D eigenvalue weighted by Gasteiger charge is 2.29. The minimum atomic E-state index is -1.10. The number of aromatic nitrogens is 5. The Bertz CT molecular complexity index is 2070. The van der Waals surface area contributed by atoms with Crippen molar-refractivity contribution < 1.29 is 19.1 Å². The molecule has 13 heteroatoms. The molecule has 1 aliphatic rings. The van der Waals surface area contributed by atoms with Gasteiger partial charge < -0.3 is 14.4 Å². The van der Waals surface area contributed by atoms with E-state index >= 15 is 0 Å². The minimum Gasteiger partial charge on any atom is -0.465 e. The zero-order valence-electron chi connectivity index (χ0n) is 25.8. The third-order valence-electron chi connectivity index (χ3n) is 8.47. The van der Waals surface area contributed by atoms with Crippen LogP contribution in [0, 0.1) is 6.92 Å². The molecule has 1 saturated heterocycles. The SMILES string of the molecule is Cc1cc(C(=O)c2cc(CN(C(=O)O)C(C)(C)C)nc(N3CCC(n4c(=O)[nH]c5ncccc54)CC3)c2)cc2oc(=O)n(C)c12. The van der Waals surface area contributed by atoms with E-state index in [9.17, 15) is 24.3 Å². The number of aryl methyl sites for hydroxylation is 2. The summed E-state index contributed by atoms with van der Waals surface area (Å²) in [6.45, 7) is 8.32. The Morgan fingerprint density at radius 2 is 1.82 bits per heavy atom. The Hall–Kier alpha value is -5.20. The van der Waals surface area contributed by atoms with Gasteiger partial charge in [0.15, 0.2) is 17.0 Å². The van der Waals surface area contributed by atoms with E-state index in [-0.39, 0.29) is 24.1 Å². The summed E-state index contributed by atoms with van der Waals surface area (Å²) in [7, 11) is 1.61. The molecule has 1 fully saturated rings. The minimum absolute atomic E-state index is 0.0211. The molecule has 0 bridgehead atoms. The number of carboxylic acid groups (broad SMARTS) is 1. The van der Waals surface area contributed by atoms with Crippen LogP contribution in [0.3, 0.4) is 0 Å². The lowest BCUT2D eigenvalue weighted by Gasteiger charge is -2.35. The Balaban J connectivity index is 1.35. The molecule has 1 aromatic carbocycles.